The van der Waals surface area contributed by atoms with Crippen LogP contribution in [0.1, 0.15) is 24.2 Å². The van der Waals surface area contributed by atoms with Crippen LogP contribution < -0.4 is 15.8 Å². The fourth-order valence-corrected chi connectivity index (χ4v) is 1.68. The van der Waals surface area contributed by atoms with E-state index in [0.29, 0.717) is 22.8 Å². The Kier molecular flexibility index (Phi) is 4.20. The van der Waals surface area contributed by atoms with Crippen LogP contribution in [0.5, 0.6) is 5.88 Å². The fourth-order valence-electron chi connectivity index (χ4n) is 1.68. The summed E-state index contributed by atoms with van der Waals surface area (Å²) in [6, 6.07) is 10.3. The first kappa shape index (κ1) is 13.9. The smallest absolute Gasteiger partial charge is 0.255 e. The van der Waals surface area contributed by atoms with Crippen LogP contribution in [0.3, 0.4) is 0 Å². The summed E-state index contributed by atoms with van der Waals surface area (Å²) in [4.78, 5) is 16.3. The number of rotatable bonds is 4. The Labute approximate surface area is 117 Å². The number of nitrogens with one attached hydrogen (secondary N) is 1. The Bertz CT molecular complexity index is 612. The van der Waals surface area contributed by atoms with Crippen LogP contribution in [-0.4, -0.2) is 17.0 Å². The summed E-state index contributed by atoms with van der Waals surface area (Å²) in [6.07, 6.45) is 1.60. The molecule has 0 atom stereocenters. The molecule has 0 aliphatic carbocycles. The molecular formula is C15H17N3O2. The SMILES string of the molecule is CC(C)Oc1ncccc1NC(=O)c1cccc(N)c1. The first-order chi connectivity index (χ1) is 9.56. The summed E-state index contributed by atoms with van der Waals surface area (Å²) < 4.78 is 5.56. The predicted molar refractivity (Wildman–Crippen MR) is 78.8 cm³/mol. The molecule has 3 N–H and O–H groups in total. The predicted octanol–water partition coefficient (Wildman–Crippen LogP) is 2.70. The molecule has 0 saturated carbocycles. The minimum absolute atomic E-state index is 0.0204. The van der Waals surface area contributed by atoms with Crippen molar-refractivity contribution in [3.63, 3.8) is 0 Å². The second kappa shape index (κ2) is 6.06. The number of carbonyl (C=O) groups excluding carboxylic acids is 1. The Balaban J connectivity index is 2.19. The van der Waals surface area contributed by atoms with Crippen molar-refractivity contribution in [1.82, 2.24) is 4.98 Å². The number of nitrogens with two attached hydrogens (primary N) is 1. The number of carbonyl (C=O) groups is 1. The average molecular weight is 271 g/mol. The molecule has 0 bridgehead atoms. The number of hydrogen-bond acceptors (Lipinski definition) is 4. The number of ether oxygens (including phenoxy) is 1. The fraction of sp³-hybridized carbons (Fsp3) is 0.200. The number of nitrogens with zero attached hydrogens (tertiary/aromatic N) is 1. The minimum Gasteiger partial charge on any atom is -0.473 e. The van der Waals surface area contributed by atoms with E-state index in [2.05, 4.69) is 10.3 Å². The quantitative estimate of drug-likeness (QED) is 0.838. The van der Waals surface area contributed by atoms with Gasteiger partial charge in [0, 0.05) is 17.4 Å². The summed E-state index contributed by atoms with van der Waals surface area (Å²) >= 11 is 0. The molecule has 5 nitrogen and oxygen atoms in total. The van der Waals surface area contributed by atoms with Gasteiger partial charge in [0.25, 0.3) is 5.91 Å². The Morgan fingerprint density at radius 2 is 2.10 bits per heavy atom. The molecule has 1 aromatic heterocycles. The number of aromatic nitrogens is 1. The van der Waals surface area contributed by atoms with E-state index in [4.69, 9.17) is 10.5 Å². The van der Waals surface area contributed by atoms with Gasteiger partial charge in [-0.2, -0.15) is 0 Å². The molecule has 0 fully saturated rings. The Morgan fingerprint density at radius 1 is 1.30 bits per heavy atom. The van der Waals surface area contributed by atoms with Gasteiger partial charge in [-0.25, -0.2) is 4.98 Å². The van der Waals surface area contributed by atoms with Crippen LogP contribution in [0.2, 0.25) is 0 Å². The number of anilines is 2. The van der Waals surface area contributed by atoms with E-state index in [1.165, 1.54) is 0 Å². The average Bonchev–Trinajstić information content (AvgIpc) is 2.40. The zero-order valence-corrected chi connectivity index (χ0v) is 11.5. The van der Waals surface area contributed by atoms with Crippen LogP contribution in [-0.2, 0) is 0 Å². The third-order valence-electron chi connectivity index (χ3n) is 2.52. The lowest BCUT2D eigenvalue weighted by Gasteiger charge is -2.13. The van der Waals surface area contributed by atoms with E-state index < -0.39 is 0 Å². The maximum atomic E-state index is 12.2. The molecule has 2 aromatic rings. The van der Waals surface area contributed by atoms with Gasteiger partial charge in [-0.05, 0) is 44.2 Å². The lowest BCUT2D eigenvalue weighted by Crippen LogP contribution is -2.15. The second-order valence-electron chi connectivity index (χ2n) is 4.60. The third kappa shape index (κ3) is 3.47. The number of amides is 1. The van der Waals surface area contributed by atoms with Gasteiger partial charge in [-0.3, -0.25) is 4.79 Å². The van der Waals surface area contributed by atoms with Gasteiger partial charge in [0.1, 0.15) is 5.69 Å². The summed E-state index contributed by atoms with van der Waals surface area (Å²) in [6.45, 7) is 3.80. The minimum atomic E-state index is -0.251. The first-order valence-electron chi connectivity index (χ1n) is 6.35. The van der Waals surface area contributed by atoms with Crippen LogP contribution in [0, 0.1) is 0 Å². The van der Waals surface area contributed by atoms with Crippen LogP contribution in [0.25, 0.3) is 0 Å². The van der Waals surface area contributed by atoms with Crippen molar-refractivity contribution in [3.05, 3.63) is 48.2 Å². The topological polar surface area (TPSA) is 77.2 Å². The van der Waals surface area contributed by atoms with E-state index in [-0.39, 0.29) is 12.0 Å². The summed E-state index contributed by atoms with van der Waals surface area (Å²) in [7, 11) is 0. The van der Waals surface area contributed by atoms with E-state index in [0.717, 1.165) is 0 Å². The normalized spacial score (nSPS) is 10.3. The maximum absolute atomic E-state index is 12.2. The third-order valence-corrected chi connectivity index (χ3v) is 2.52. The Morgan fingerprint density at radius 3 is 2.80 bits per heavy atom. The largest absolute Gasteiger partial charge is 0.473 e. The molecule has 0 radical (unpaired) electrons. The molecule has 20 heavy (non-hydrogen) atoms. The highest BCUT2D eigenvalue weighted by molar-refractivity contribution is 6.05. The van der Waals surface area contributed by atoms with E-state index in [1.54, 1.807) is 42.6 Å². The van der Waals surface area contributed by atoms with Gasteiger partial charge >= 0.3 is 0 Å². The Hall–Kier alpha value is -2.56. The second-order valence-corrected chi connectivity index (χ2v) is 4.60. The molecule has 0 spiro atoms. The summed E-state index contributed by atoms with van der Waals surface area (Å²) in [5.74, 6) is 0.152. The monoisotopic (exact) mass is 271 g/mol. The number of hydrogen-bond donors (Lipinski definition) is 2. The molecular weight excluding hydrogens is 254 g/mol. The van der Waals surface area contributed by atoms with Crippen molar-refractivity contribution in [2.45, 2.75) is 20.0 Å². The number of pyridine rings is 1. The van der Waals surface area contributed by atoms with Crippen LogP contribution >= 0.6 is 0 Å². The lowest BCUT2D eigenvalue weighted by atomic mass is 10.2. The van der Waals surface area contributed by atoms with Crippen molar-refractivity contribution < 1.29 is 9.53 Å². The summed E-state index contributed by atoms with van der Waals surface area (Å²) in [5, 5.41) is 2.78. The molecule has 0 unspecified atom stereocenters. The summed E-state index contributed by atoms with van der Waals surface area (Å²) in [5.41, 5.74) is 7.24. The molecule has 1 aromatic carbocycles. The first-order valence-corrected chi connectivity index (χ1v) is 6.35. The van der Waals surface area contributed by atoms with Crippen molar-refractivity contribution in [2.75, 3.05) is 11.1 Å². The van der Waals surface area contributed by atoms with E-state index >= 15 is 0 Å². The van der Waals surface area contributed by atoms with Crippen molar-refractivity contribution in [2.24, 2.45) is 0 Å². The van der Waals surface area contributed by atoms with Gasteiger partial charge in [-0.15, -0.1) is 0 Å². The van der Waals surface area contributed by atoms with Gasteiger partial charge in [-0.1, -0.05) is 6.07 Å². The van der Waals surface area contributed by atoms with Crippen LogP contribution in [0.4, 0.5) is 11.4 Å². The highest BCUT2D eigenvalue weighted by atomic mass is 16.5. The molecule has 2 rings (SSSR count). The molecule has 0 aliphatic heterocycles. The molecule has 1 amide bonds. The maximum Gasteiger partial charge on any atom is 0.255 e. The highest BCUT2D eigenvalue weighted by Crippen LogP contribution is 2.22. The number of nitrogen functional groups attached to an aromatic ring is 1. The zero-order chi connectivity index (χ0) is 14.5. The van der Waals surface area contributed by atoms with Gasteiger partial charge in [0.15, 0.2) is 0 Å². The highest BCUT2D eigenvalue weighted by Gasteiger charge is 2.11. The molecule has 0 saturated heterocycles. The zero-order valence-electron chi connectivity index (χ0n) is 11.5. The van der Waals surface area contributed by atoms with E-state index in [9.17, 15) is 4.79 Å². The van der Waals surface area contributed by atoms with Crippen molar-refractivity contribution >= 4 is 17.3 Å². The molecule has 1 heterocycles. The van der Waals surface area contributed by atoms with Gasteiger partial charge in [0.05, 0.1) is 6.10 Å². The van der Waals surface area contributed by atoms with E-state index in [1.807, 2.05) is 13.8 Å². The van der Waals surface area contributed by atoms with Crippen molar-refractivity contribution in [3.8, 4) is 5.88 Å². The van der Waals surface area contributed by atoms with Crippen LogP contribution in [0.15, 0.2) is 42.6 Å². The lowest BCUT2D eigenvalue weighted by molar-refractivity contribution is 0.102. The molecule has 104 valence electrons. The van der Waals surface area contributed by atoms with Gasteiger partial charge in [0.2, 0.25) is 5.88 Å². The van der Waals surface area contributed by atoms with Crippen molar-refractivity contribution in [1.29, 1.82) is 0 Å². The van der Waals surface area contributed by atoms with Gasteiger partial charge < -0.3 is 15.8 Å². The molecule has 0 aliphatic rings. The standard InChI is InChI=1S/C15H17N3O2/c1-10(2)20-15-13(7-4-8-17-15)18-14(19)11-5-3-6-12(16)9-11/h3-10H,16H2,1-2H3,(H,18,19). The molecule has 5 heteroatoms. The number of benzene rings is 1.